The van der Waals surface area contributed by atoms with Gasteiger partial charge < -0.3 is 5.09 Å². The van der Waals surface area contributed by atoms with Crippen LogP contribution in [0.1, 0.15) is 21.6 Å². The highest BCUT2D eigenvalue weighted by Gasteiger charge is 2.21. The monoisotopic (exact) mass is 592 g/mol. The van der Waals surface area contributed by atoms with E-state index >= 15 is 0 Å². The van der Waals surface area contributed by atoms with E-state index in [-0.39, 0.29) is 0 Å². The quantitative estimate of drug-likeness (QED) is 0.147. The molecule has 0 aliphatic carbocycles. The van der Waals surface area contributed by atoms with E-state index in [4.69, 9.17) is 23.2 Å². The smallest absolute Gasteiger partial charge is 0.288 e. The average Bonchev–Trinajstić information content (AvgIpc) is 3.31. The Morgan fingerprint density at radius 2 is 1.46 bits per heavy atom. The third-order valence-corrected chi connectivity index (χ3v) is 9.65. The second-order valence-electron chi connectivity index (χ2n) is 7.84. The van der Waals surface area contributed by atoms with E-state index in [0.717, 1.165) is 21.6 Å². The number of benzene rings is 3. The number of aromatic nitrogens is 1. The van der Waals surface area contributed by atoms with E-state index in [1.54, 1.807) is 18.3 Å². The van der Waals surface area contributed by atoms with E-state index in [0.29, 0.717) is 38.3 Å². The Balaban J connectivity index is 1.58. The Morgan fingerprint density at radius 3 is 1.97 bits per heavy atom. The number of rotatable bonds is 10. The van der Waals surface area contributed by atoms with Crippen molar-refractivity contribution in [1.29, 1.82) is 0 Å². The van der Waals surface area contributed by atoms with Gasteiger partial charge in [0.05, 0.1) is 10.1 Å². The molecule has 10 heteroatoms. The molecule has 0 spiro atoms. The number of hydrogen-bond acceptors (Lipinski definition) is 4. The summed E-state index contributed by atoms with van der Waals surface area (Å²) in [6, 6.07) is 25.4. The van der Waals surface area contributed by atoms with Gasteiger partial charge in [-0.15, -0.1) is 11.3 Å². The van der Waals surface area contributed by atoms with Crippen LogP contribution in [0.5, 0.6) is 0 Å². The molecule has 0 amide bonds. The van der Waals surface area contributed by atoms with Crippen LogP contribution in [0.4, 0.5) is 13.9 Å². The first-order valence-electron chi connectivity index (χ1n) is 11.0. The summed E-state index contributed by atoms with van der Waals surface area (Å²) >= 11 is 15.0. The summed E-state index contributed by atoms with van der Waals surface area (Å²) in [6.07, 6.45) is 2.26. The highest BCUT2D eigenvalue weighted by molar-refractivity contribution is 7.99. The number of nitrogens with one attached hydrogen (secondary N) is 1. The van der Waals surface area contributed by atoms with E-state index in [2.05, 4.69) is 10.1 Å². The Hall–Kier alpha value is -2.41. The molecule has 0 saturated heterocycles. The summed E-state index contributed by atoms with van der Waals surface area (Å²) in [5.41, 5.74) is 2.41. The lowest BCUT2D eigenvalue weighted by Gasteiger charge is -2.13. The lowest BCUT2D eigenvalue weighted by atomic mass is 10.1. The SMILES string of the molecule is O=P(/C=C(\Cl)c1ccccc1)(/C=C(/Cl)c1ccccc1)Nc1ncc(Cc2ccc(SC(F)F)cc2)s1. The number of thiazole rings is 1. The molecule has 3 nitrogen and oxygen atoms in total. The van der Waals surface area contributed by atoms with Crippen LogP contribution in [0, 0.1) is 0 Å². The minimum Gasteiger partial charge on any atom is -0.306 e. The number of thioether (sulfide) groups is 1. The van der Waals surface area contributed by atoms with E-state index in [1.807, 2.05) is 72.8 Å². The number of halogens is 4. The second kappa shape index (κ2) is 12.9. The van der Waals surface area contributed by atoms with Crippen LogP contribution >= 0.6 is 53.6 Å². The minimum atomic E-state index is -3.44. The van der Waals surface area contributed by atoms with E-state index < -0.39 is 13.1 Å². The number of anilines is 1. The molecular weight excluding hydrogens is 572 g/mol. The van der Waals surface area contributed by atoms with Crippen molar-refractivity contribution in [3.05, 3.63) is 124 Å². The summed E-state index contributed by atoms with van der Waals surface area (Å²) in [4.78, 5) is 5.83. The molecule has 4 aromatic rings. The van der Waals surface area contributed by atoms with Crippen molar-refractivity contribution >= 4 is 68.8 Å². The molecule has 190 valence electrons. The predicted octanol–water partition coefficient (Wildman–Crippen LogP) is 10.2. The fourth-order valence-electron chi connectivity index (χ4n) is 3.36. The summed E-state index contributed by atoms with van der Waals surface area (Å²) in [5, 5.41) is 4.14. The van der Waals surface area contributed by atoms with Crippen LogP contribution in [0.3, 0.4) is 0 Å². The van der Waals surface area contributed by atoms with Crippen LogP contribution in [-0.4, -0.2) is 10.7 Å². The average molecular weight is 593 g/mol. The van der Waals surface area contributed by atoms with Gasteiger partial charge in [0.15, 0.2) is 5.13 Å². The summed E-state index contributed by atoms with van der Waals surface area (Å²) in [7, 11) is -3.44. The van der Waals surface area contributed by atoms with Crippen LogP contribution in [0.2, 0.25) is 0 Å². The van der Waals surface area contributed by atoms with Crippen molar-refractivity contribution in [2.45, 2.75) is 17.1 Å². The zero-order valence-electron chi connectivity index (χ0n) is 19.2. The third-order valence-electron chi connectivity index (χ3n) is 5.06. The van der Waals surface area contributed by atoms with Gasteiger partial charge in [0.2, 0.25) is 7.29 Å². The lowest BCUT2D eigenvalue weighted by molar-refractivity contribution is 0.252. The second-order valence-corrected chi connectivity index (χ2v) is 13.0. The molecule has 37 heavy (non-hydrogen) atoms. The molecule has 4 rings (SSSR count). The van der Waals surface area contributed by atoms with Gasteiger partial charge in [-0.1, -0.05) is 108 Å². The molecule has 1 unspecified atom stereocenters. The maximum atomic E-state index is 14.1. The van der Waals surface area contributed by atoms with Gasteiger partial charge in [0.25, 0.3) is 5.76 Å². The highest BCUT2D eigenvalue weighted by Crippen LogP contribution is 2.54. The van der Waals surface area contributed by atoms with Gasteiger partial charge in [0.1, 0.15) is 0 Å². The molecular formula is C27H21Cl2F2N2OPS2. The van der Waals surface area contributed by atoms with E-state index in [1.165, 1.54) is 23.0 Å². The van der Waals surface area contributed by atoms with Crippen LogP contribution in [0.25, 0.3) is 10.1 Å². The van der Waals surface area contributed by atoms with Crippen LogP contribution < -0.4 is 5.09 Å². The maximum absolute atomic E-state index is 14.1. The first kappa shape index (κ1) is 27.6. The Kier molecular flexibility index (Phi) is 9.63. The van der Waals surface area contributed by atoms with Crippen molar-refractivity contribution < 1.29 is 13.3 Å². The molecule has 1 heterocycles. The van der Waals surface area contributed by atoms with Crippen LogP contribution in [0.15, 0.2) is 108 Å². The molecule has 0 aliphatic heterocycles. The number of hydrogen-bond donors (Lipinski definition) is 1. The van der Waals surface area contributed by atoms with Gasteiger partial charge in [-0.2, -0.15) is 8.78 Å². The number of alkyl halides is 2. The van der Waals surface area contributed by atoms with Crippen molar-refractivity contribution in [3.63, 3.8) is 0 Å². The van der Waals surface area contributed by atoms with Crippen molar-refractivity contribution in [1.82, 2.24) is 4.98 Å². The van der Waals surface area contributed by atoms with Gasteiger partial charge in [-0.3, -0.25) is 4.57 Å². The van der Waals surface area contributed by atoms with Crippen molar-refractivity contribution in [2.75, 3.05) is 5.09 Å². The molecule has 0 radical (unpaired) electrons. The standard InChI is InChI=1S/C27H21Cl2F2N2OPS2/c28-24(20-7-3-1-4-8-20)17-35(34,18-25(29)21-9-5-2-6-10-21)33-27-32-16-23(37-27)15-19-11-13-22(14-12-19)36-26(30)31/h1-14,16-18,26H,15H2,(H,32,33,34)/b24-17-,25-18+. The molecule has 0 saturated carbocycles. The Bertz CT molecular complexity index is 1370. The fourth-order valence-corrected chi connectivity index (χ4v) is 7.82. The van der Waals surface area contributed by atoms with E-state index in [9.17, 15) is 13.3 Å². The zero-order chi connectivity index (χ0) is 26.3. The predicted molar refractivity (Wildman–Crippen MR) is 155 cm³/mol. The molecule has 1 atom stereocenters. The van der Waals surface area contributed by atoms with Crippen molar-refractivity contribution in [2.24, 2.45) is 0 Å². The molecule has 1 N–H and O–H groups in total. The largest absolute Gasteiger partial charge is 0.306 e. The van der Waals surface area contributed by atoms with Gasteiger partial charge in [-0.25, -0.2) is 4.98 Å². The lowest BCUT2D eigenvalue weighted by Crippen LogP contribution is -1.93. The Labute approximate surface area is 232 Å². The normalized spacial score (nSPS) is 14.0. The molecule has 0 bridgehead atoms. The summed E-state index contributed by atoms with van der Waals surface area (Å²) in [6.45, 7) is 0. The minimum absolute atomic E-state index is 0.323. The van der Waals surface area contributed by atoms with Crippen LogP contribution in [-0.2, 0) is 11.0 Å². The highest BCUT2D eigenvalue weighted by atomic mass is 35.5. The third kappa shape index (κ3) is 8.29. The summed E-state index contributed by atoms with van der Waals surface area (Å²) < 4.78 is 39.2. The zero-order valence-corrected chi connectivity index (χ0v) is 23.3. The maximum Gasteiger partial charge on any atom is 0.288 e. The fraction of sp³-hybridized carbons (Fsp3) is 0.0741. The van der Waals surface area contributed by atoms with Crippen molar-refractivity contribution in [3.8, 4) is 0 Å². The first-order chi connectivity index (χ1) is 17.8. The van der Waals surface area contributed by atoms with Gasteiger partial charge in [-0.05, 0) is 28.8 Å². The molecule has 0 aliphatic rings. The topological polar surface area (TPSA) is 42.0 Å². The van der Waals surface area contributed by atoms with Gasteiger partial charge in [0, 0.05) is 34.0 Å². The molecule has 0 fully saturated rings. The summed E-state index contributed by atoms with van der Waals surface area (Å²) in [5.74, 6) is 0.510. The molecule has 3 aromatic carbocycles. The first-order valence-corrected chi connectivity index (χ1v) is 15.3. The van der Waals surface area contributed by atoms with Gasteiger partial charge >= 0.3 is 0 Å². The Morgan fingerprint density at radius 1 is 0.919 bits per heavy atom. The molecule has 1 aromatic heterocycles. The number of nitrogens with zero attached hydrogens (tertiary/aromatic N) is 1.